The lowest BCUT2D eigenvalue weighted by Gasteiger charge is -2.70. The van der Waals surface area contributed by atoms with Gasteiger partial charge in [0.15, 0.2) is 0 Å². The van der Waals surface area contributed by atoms with Crippen LogP contribution in [0.4, 0.5) is 0 Å². The molecule has 5 saturated carbocycles. The van der Waals surface area contributed by atoms with E-state index < -0.39 is 11.4 Å². The second kappa shape index (κ2) is 6.99. The number of ether oxygens (including phenoxy) is 2. The fraction of sp³-hybridized carbons (Fsp3) is 0.913. The molecule has 0 unspecified atom stereocenters. The van der Waals surface area contributed by atoms with Gasteiger partial charge < -0.3 is 14.6 Å². The maximum absolute atomic E-state index is 12.3. The van der Waals surface area contributed by atoms with Crippen molar-refractivity contribution in [3.05, 3.63) is 0 Å². The molecule has 156 valence electrons. The lowest BCUT2D eigenvalue weighted by molar-refractivity contribution is -0.268. The van der Waals surface area contributed by atoms with E-state index in [1.165, 1.54) is 6.42 Å². The molecular formula is C23H35NO4. The van der Waals surface area contributed by atoms with Gasteiger partial charge in [-0.3, -0.25) is 4.79 Å². The SMILES string of the molecule is COCO[C@@H]1[C@@H](CC#N)[C@H]2CC[C@@]13CC[C@H]1[C@@](C)(CCC[C@@]1(C)C(=O)O)[C@@H]3C2. The summed E-state index contributed by atoms with van der Waals surface area (Å²) in [6.07, 6.45) is 9.03. The molecule has 8 atom stereocenters. The number of methoxy groups -OCH3 is 1. The summed E-state index contributed by atoms with van der Waals surface area (Å²) in [5, 5.41) is 19.5. The fourth-order valence-electron chi connectivity index (χ4n) is 8.51. The number of nitrogens with zero attached hydrogens (tertiary/aromatic N) is 1. The first-order chi connectivity index (χ1) is 13.3. The minimum absolute atomic E-state index is 0.0502. The van der Waals surface area contributed by atoms with Gasteiger partial charge in [-0.05, 0) is 75.0 Å². The molecule has 5 fully saturated rings. The highest BCUT2D eigenvalue weighted by molar-refractivity contribution is 5.75. The first-order valence-corrected chi connectivity index (χ1v) is 11.0. The van der Waals surface area contributed by atoms with Crippen molar-refractivity contribution in [1.29, 1.82) is 5.26 Å². The summed E-state index contributed by atoms with van der Waals surface area (Å²) in [4.78, 5) is 12.3. The van der Waals surface area contributed by atoms with Gasteiger partial charge in [0, 0.05) is 24.9 Å². The van der Waals surface area contributed by atoms with Crippen LogP contribution < -0.4 is 0 Å². The Bertz CT molecular complexity index is 674. The fourth-order valence-corrected chi connectivity index (χ4v) is 8.51. The third kappa shape index (κ3) is 2.60. The second-order valence-corrected chi connectivity index (χ2v) is 10.5. The highest BCUT2D eigenvalue weighted by atomic mass is 16.7. The summed E-state index contributed by atoms with van der Waals surface area (Å²) < 4.78 is 11.6. The molecule has 0 heterocycles. The van der Waals surface area contributed by atoms with Gasteiger partial charge in [0.05, 0.1) is 17.6 Å². The van der Waals surface area contributed by atoms with Gasteiger partial charge in [-0.1, -0.05) is 13.3 Å². The predicted octanol–water partition coefficient (Wildman–Crippen LogP) is 4.61. The van der Waals surface area contributed by atoms with Gasteiger partial charge in [0.1, 0.15) is 6.79 Å². The Morgan fingerprint density at radius 3 is 2.61 bits per heavy atom. The maximum atomic E-state index is 12.3. The molecule has 0 saturated heterocycles. The molecule has 0 amide bonds. The van der Waals surface area contributed by atoms with Gasteiger partial charge in [-0.2, -0.15) is 5.26 Å². The van der Waals surface area contributed by atoms with Crippen molar-refractivity contribution in [3.63, 3.8) is 0 Å². The molecule has 5 aliphatic rings. The van der Waals surface area contributed by atoms with Crippen LogP contribution in [-0.2, 0) is 14.3 Å². The Labute approximate surface area is 168 Å². The molecule has 0 aromatic carbocycles. The monoisotopic (exact) mass is 389 g/mol. The Balaban J connectivity index is 1.73. The third-order valence-corrected chi connectivity index (χ3v) is 9.63. The number of fused-ring (bicyclic) bond motifs is 3. The highest BCUT2D eigenvalue weighted by Crippen LogP contribution is 2.72. The molecule has 0 aromatic rings. The van der Waals surface area contributed by atoms with E-state index in [1.54, 1.807) is 7.11 Å². The van der Waals surface area contributed by atoms with Gasteiger partial charge in [0.2, 0.25) is 0 Å². The molecule has 1 spiro atoms. The van der Waals surface area contributed by atoms with E-state index in [2.05, 4.69) is 13.0 Å². The van der Waals surface area contributed by atoms with Gasteiger partial charge in [-0.15, -0.1) is 0 Å². The van der Waals surface area contributed by atoms with E-state index in [9.17, 15) is 15.2 Å². The smallest absolute Gasteiger partial charge is 0.309 e. The molecule has 0 aromatic heterocycles. The number of carbonyl (C=O) groups is 1. The number of nitriles is 1. The third-order valence-electron chi connectivity index (χ3n) is 9.63. The van der Waals surface area contributed by atoms with Crippen molar-refractivity contribution in [2.24, 2.45) is 39.9 Å². The molecule has 1 N–H and O–H groups in total. The molecule has 0 aliphatic heterocycles. The standard InChI is InChI=1S/C23H35NO4/c1-21-8-4-9-22(2,20(25)26)17(21)6-11-23-10-5-15(13-18(21)23)16(7-12-24)19(23)28-14-27-3/h15-19H,4-11,13-14H2,1-3H3,(H,25,26)/t15-,16-,17-,18-,19+,21+,22+,23-/m0/s1. The van der Waals surface area contributed by atoms with E-state index in [-0.39, 0.29) is 29.6 Å². The Kier molecular flexibility index (Phi) is 5.03. The average molecular weight is 390 g/mol. The van der Waals surface area contributed by atoms with Crippen molar-refractivity contribution in [2.45, 2.75) is 77.7 Å². The highest BCUT2D eigenvalue weighted by Gasteiger charge is 2.69. The molecular weight excluding hydrogens is 354 g/mol. The molecule has 2 bridgehead atoms. The van der Waals surface area contributed by atoms with Crippen molar-refractivity contribution in [1.82, 2.24) is 0 Å². The zero-order chi connectivity index (χ0) is 20.2. The molecule has 0 radical (unpaired) electrons. The lowest BCUT2D eigenvalue weighted by atomic mass is 9.35. The first kappa shape index (κ1) is 20.2. The second-order valence-electron chi connectivity index (χ2n) is 10.5. The van der Waals surface area contributed by atoms with Gasteiger partial charge in [-0.25, -0.2) is 0 Å². The van der Waals surface area contributed by atoms with Crippen LogP contribution >= 0.6 is 0 Å². The number of rotatable bonds is 5. The number of carboxylic acids is 1. The molecule has 5 heteroatoms. The van der Waals surface area contributed by atoms with Crippen molar-refractivity contribution in [3.8, 4) is 6.07 Å². The van der Waals surface area contributed by atoms with Gasteiger partial charge >= 0.3 is 5.97 Å². The zero-order valence-electron chi connectivity index (χ0n) is 17.6. The normalized spacial score (nSPS) is 49.7. The van der Waals surface area contributed by atoms with Crippen LogP contribution in [0, 0.1) is 51.2 Å². The summed E-state index contributed by atoms with van der Waals surface area (Å²) in [6, 6.07) is 2.42. The molecule has 5 aliphatic carbocycles. The summed E-state index contributed by atoms with van der Waals surface area (Å²) in [5.41, 5.74) is -0.481. The molecule has 5 nitrogen and oxygen atoms in total. The van der Waals surface area contributed by atoms with Crippen LogP contribution in [0.1, 0.15) is 71.6 Å². The zero-order valence-corrected chi connectivity index (χ0v) is 17.6. The molecule has 5 rings (SSSR count). The minimum atomic E-state index is -0.616. The first-order valence-electron chi connectivity index (χ1n) is 11.0. The summed E-state index contributed by atoms with van der Waals surface area (Å²) >= 11 is 0. The van der Waals surface area contributed by atoms with E-state index in [1.807, 2.05) is 6.92 Å². The van der Waals surface area contributed by atoms with E-state index >= 15 is 0 Å². The minimum Gasteiger partial charge on any atom is -0.481 e. The molecule has 28 heavy (non-hydrogen) atoms. The number of carboxylic acid groups (broad SMARTS) is 1. The van der Waals surface area contributed by atoms with E-state index in [4.69, 9.17) is 9.47 Å². The van der Waals surface area contributed by atoms with E-state index in [0.717, 1.165) is 44.9 Å². The van der Waals surface area contributed by atoms with Crippen LogP contribution in [-0.4, -0.2) is 31.1 Å². The average Bonchev–Trinajstić information content (AvgIpc) is 2.67. The van der Waals surface area contributed by atoms with Crippen molar-refractivity contribution >= 4 is 5.97 Å². The van der Waals surface area contributed by atoms with Crippen LogP contribution in [0.3, 0.4) is 0 Å². The van der Waals surface area contributed by atoms with Crippen LogP contribution in [0.5, 0.6) is 0 Å². The quantitative estimate of drug-likeness (QED) is 0.695. The Hall–Kier alpha value is -1.12. The van der Waals surface area contributed by atoms with Gasteiger partial charge in [0.25, 0.3) is 0 Å². The van der Waals surface area contributed by atoms with Crippen LogP contribution in [0.15, 0.2) is 0 Å². The van der Waals surface area contributed by atoms with Crippen molar-refractivity contribution < 1.29 is 19.4 Å². The number of hydrogen-bond donors (Lipinski definition) is 1. The van der Waals surface area contributed by atoms with E-state index in [0.29, 0.717) is 24.2 Å². The summed E-state index contributed by atoms with van der Waals surface area (Å²) in [7, 11) is 1.66. The van der Waals surface area contributed by atoms with Crippen LogP contribution in [0.2, 0.25) is 0 Å². The lowest BCUT2D eigenvalue weighted by Crippen LogP contribution is -2.67. The number of aliphatic carboxylic acids is 1. The maximum Gasteiger partial charge on any atom is 0.309 e. The predicted molar refractivity (Wildman–Crippen MR) is 104 cm³/mol. The Morgan fingerprint density at radius 1 is 1.18 bits per heavy atom. The number of hydrogen-bond acceptors (Lipinski definition) is 4. The van der Waals surface area contributed by atoms with Crippen LogP contribution in [0.25, 0.3) is 0 Å². The van der Waals surface area contributed by atoms with Crippen molar-refractivity contribution in [2.75, 3.05) is 13.9 Å². The Morgan fingerprint density at radius 2 is 1.93 bits per heavy atom. The summed E-state index contributed by atoms with van der Waals surface area (Å²) in [6.45, 7) is 4.66. The summed E-state index contributed by atoms with van der Waals surface area (Å²) in [5.74, 6) is 0.920. The topological polar surface area (TPSA) is 79.5 Å². The largest absolute Gasteiger partial charge is 0.481 e.